The predicted octanol–water partition coefficient (Wildman–Crippen LogP) is 4.76. The van der Waals surface area contributed by atoms with E-state index in [-0.39, 0.29) is 24.3 Å². The Morgan fingerprint density at radius 1 is 0.941 bits per heavy atom. The molecule has 0 radical (unpaired) electrons. The van der Waals surface area contributed by atoms with E-state index >= 15 is 0 Å². The molecule has 1 aliphatic heterocycles. The molecule has 3 aromatic rings. The third-order valence-corrected chi connectivity index (χ3v) is 6.63. The molecule has 1 heterocycles. The first-order valence-electron chi connectivity index (χ1n) is 11.3. The fraction of sp³-hybridized carbons (Fsp3) is 0.259. The summed E-state index contributed by atoms with van der Waals surface area (Å²) in [5.41, 5.74) is 9.34. The van der Waals surface area contributed by atoms with Crippen LogP contribution in [-0.2, 0) is 16.1 Å². The third kappa shape index (κ3) is 5.61. The number of rotatable bonds is 7. The van der Waals surface area contributed by atoms with Crippen LogP contribution < -0.4 is 11.1 Å². The summed E-state index contributed by atoms with van der Waals surface area (Å²) >= 11 is 12.1. The van der Waals surface area contributed by atoms with E-state index in [1.54, 1.807) is 23.1 Å². The van der Waals surface area contributed by atoms with Crippen molar-refractivity contribution in [3.05, 3.63) is 106 Å². The number of benzene rings is 3. The van der Waals surface area contributed by atoms with Crippen LogP contribution in [0, 0.1) is 0 Å². The highest BCUT2D eigenvalue weighted by Gasteiger charge is 2.39. The number of nitrogens with zero attached hydrogens (tertiary/aromatic N) is 1. The fourth-order valence-electron chi connectivity index (χ4n) is 4.58. The van der Waals surface area contributed by atoms with Gasteiger partial charge in [0.15, 0.2) is 0 Å². The molecule has 0 aromatic heterocycles. The smallest absolute Gasteiger partial charge is 0.243 e. The minimum atomic E-state index is -0.815. The van der Waals surface area contributed by atoms with Gasteiger partial charge in [0.25, 0.3) is 0 Å². The molecule has 34 heavy (non-hydrogen) atoms. The second-order valence-electron chi connectivity index (χ2n) is 8.51. The Hall–Kier alpha value is -2.86. The molecule has 0 aliphatic carbocycles. The summed E-state index contributed by atoms with van der Waals surface area (Å²) in [7, 11) is 0. The summed E-state index contributed by atoms with van der Waals surface area (Å²) in [6, 6.07) is 23.3. The maximum absolute atomic E-state index is 13.6. The summed E-state index contributed by atoms with van der Waals surface area (Å²) in [6.45, 7) is 0.782. The van der Waals surface area contributed by atoms with Crippen molar-refractivity contribution in [1.29, 1.82) is 0 Å². The molecule has 1 unspecified atom stereocenters. The first-order valence-corrected chi connectivity index (χ1v) is 12.1. The van der Waals surface area contributed by atoms with Crippen LogP contribution >= 0.6 is 23.2 Å². The van der Waals surface area contributed by atoms with Crippen molar-refractivity contribution in [3.63, 3.8) is 0 Å². The zero-order valence-electron chi connectivity index (χ0n) is 18.7. The normalized spacial score (nSPS) is 16.5. The van der Waals surface area contributed by atoms with E-state index in [0.717, 1.165) is 23.1 Å². The van der Waals surface area contributed by atoms with E-state index < -0.39 is 12.1 Å². The Balaban J connectivity index is 1.50. The monoisotopic (exact) mass is 495 g/mol. The molecule has 0 bridgehead atoms. The van der Waals surface area contributed by atoms with Gasteiger partial charge in [-0.1, -0.05) is 83.9 Å². The highest BCUT2D eigenvalue weighted by molar-refractivity contribution is 6.34. The van der Waals surface area contributed by atoms with Gasteiger partial charge in [0, 0.05) is 29.1 Å². The Labute approximate surface area is 209 Å². The van der Waals surface area contributed by atoms with Gasteiger partial charge < -0.3 is 16.0 Å². The number of hydrogen-bond donors (Lipinski definition) is 2. The van der Waals surface area contributed by atoms with Crippen molar-refractivity contribution in [3.8, 4) is 0 Å². The van der Waals surface area contributed by atoms with Gasteiger partial charge in [0.1, 0.15) is 6.04 Å². The number of amides is 2. The van der Waals surface area contributed by atoms with Crippen molar-refractivity contribution >= 4 is 35.0 Å². The Morgan fingerprint density at radius 2 is 1.50 bits per heavy atom. The lowest BCUT2D eigenvalue weighted by molar-refractivity contribution is -0.139. The molecule has 0 spiro atoms. The van der Waals surface area contributed by atoms with Crippen LogP contribution in [0.15, 0.2) is 78.9 Å². The zero-order valence-corrected chi connectivity index (χ0v) is 20.2. The number of carbonyl (C=O) groups excluding carboxylic acids is 2. The van der Waals surface area contributed by atoms with Gasteiger partial charge in [-0.15, -0.1) is 0 Å². The van der Waals surface area contributed by atoms with Gasteiger partial charge in [0.2, 0.25) is 11.8 Å². The molecule has 3 N–H and O–H groups in total. The van der Waals surface area contributed by atoms with E-state index in [1.807, 2.05) is 60.7 Å². The van der Waals surface area contributed by atoms with E-state index in [9.17, 15) is 9.59 Å². The van der Waals surface area contributed by atoms with Gasteiger partial charge in [-0.3, -0.25) is 9.59 Å². The predicted molar refractivity (Wildman–Crippen MR) is 136 cm³/mol. The van der Waals surface area contributed by atoms with E-state index in [2.05, 4.69) is 5.32 Å². The minimum Gasteiger partial charge on any atom is -0.350 e. The number of likely N-dealkylation sites (tertiary alicyclic amines) is 1. The highest BCUT2D eigenvalue weighted by atomic mass is 35.5. The second kappa shape index (κ2) is 11.0. The van der Waals surface area contributed by atoms with Crippen LogP contribution in [0.25, 0.3) is 0 Å². The number of hydrogen-bond acceptors (Lipinski definition) is 3. The van der Waals surface area contributed by atoms with Crippen LogP contribution in [0.1, 0.15) is 35.4 Å². The SMILES string of the molecule is NC(C(=O)N1CCC[C@H]1C(=O)NCc1cc(Cl)cc(Cl)c1)C(c1ccccc1)c1ccccc1. The van der Waals surface area contributed by atoms with Gasteiger partial charge in [-0.25, -0.2) is 0 Å². The summed E-state index contributed by atoms with van der Waals surface area (Å²) in [4.78, 5) is 28.3. The van der Waals surface area contributed by atoms with E-state index in [0.29, 0.717) is 23.0 Å². The first-order chi connectivity index (χ1) is 16.4. The van der Waals surface area contributed by atoms with Crippen LogP contribution in [0.5, 0.6) is 0 Å². The molecule has 5 nitrogen and oxygen atoms in total. The lowest BCUT2D eigenvalue weighted by atomic mass is 9.84. The van der Waals surface area contributed by atoms with E-state index in [1.165, 1.54) is 0 Å². The molecule has 3 aromatic carbocycles. The second-order valence-corrected chi connectivity index (χ2v) is 9.38. The average Bonchev–Trinajstić information content (AvgIpc) is 3.33. The first kappa shape index (κ1) is 24.3. The molecule has 2 amide bonds. The quantitative estimate of drug-likeness (QED) is 0.495. The topological polar surface area (TPSA) is 75.4 Å². The van der Waals surface area contributed by atoms with Crippen LogP contribution in [0.4, 0.5) is 0 Å². The molecule has 1 aliphatic rings. The van der Waals surface area contributed by atoms with E-state index in [4.69, 9.17) is 28.9 Å². The van der Waals surface area contributed by atoms with Gasteiger partial charge in [-0.2, -0.15) is 0 Å². The molecule has 176 valence electrons. The summed E-state index contributed by atoms with van der Waals surface area (Å²) in [5.74, 6) is -0.737. The summed E-state index contributed by atoms with van der Waals surface area (Å²) in [6.07, 6.45) is 1.35. The highest BCUT2D eigenvalue weighted by Crippen LogP contribution is 2.30. The number of nitrogens with two attached hydrogens (primary N) is 1. The van der Waals surface area contributed by atoms with Gasteiger partial charge in [-0.05, 0) is 47.7 Å². The lowest BCUT2D eigenvalue weighted by Crippen LogP contribution is -2.52. The van der Waals surface area contributed by atoms with Gasteiger partial charge in [0.05, 0.1) is 6.04 Å². The minimum absolute atomic E-state index is 0.204. The van der Waals surface area contributed by atoms with Crippen molar-refractivity contribution < 1.29 is 9.59 Å². The molecule has 1 saturated heterocycles. The van der Waals surface area contributed by atoms with Crippen molar-refractivity contribution in [2.24, 2.45) is 5.73 Å². The maximum Gasteiger partial charge on any atom is 0.243 e. The number of nitrogens with one attached hydrogen (secondary N) is 1. The molecular weight excluding hydrogens is 469 g/mol. The number of halogens is 2. The van der Waals surface area contributed by atoms with Crippen molar-refractivity contribution in [2.45, 2.75) is 37.4 Å². The fourth-order valence-corrected chi connectivity index (χ4v) is 5.16. The molecule has 4 rings (SSSR count). The van der Waals surface area contributed by atoms with Crippen LogP contribution in [0.3, 0.4) is 0 Å². The maximum atomic E-state index is 13.6. The van der Waals surface area contributed by atoms with Crippen molar-refractivity contribution in [1.82, 2.24) is 10.2 Å². The molecule has 2 atom stereocenters. The molecule has 7 heteroatoms. The Morgan fingerprint density at radius 3 is 2.06 bits per heavy atom. The molecule has 1 fully saturated rings. The Bertz CT molecular complexity index is 1080. The summed E-state index contributed by atoms with van der Waals surface area (Å²) < 4.78 is 0. The van der Waals surface area contributed by atoms with Crippen LogP contribution in [0.2, 0.25) is 10.0 Å². The standard InChI is InChI=1S/C27H27Cl2N3O2/c28-21-14-18(15-22(29)16-21)17-31-26(33)23-12-7-13-32(23)27(34)25(30)24(19-8-3-1-4-9-19)20-10-5-2-6-11-20/h1-6,8-11,14-16,23-25H,7,12-13,17,30H2,(H,31,33)/t23-,25?/m0/s1. The largest absolute Gasteiger partial charge is 0.350 e. The molecule has 0 saturated carbocycles. The van der Waals surface area contributed by atoms with Crippen LogP contribution in [-0.4, -0.2) is 35.3 Å². The third-order valence-electron chi connectivity index (χ3n) is 6.19. The zero-order chi connectivity index (χ0) is 24.1. The number of carbonyl (C=O) groups is 2. The van der Waals surface area contributed by atoms with Crippen molar-refractivity contribution in [2.75, 3.05) is 6.54 Å². The summed E-state index contributed by atoms with van der Waals surface area (Å²) in [5, 5.41) is 3.94. The van der Waals surface area contributed by atoms with Gasteiger partial charge >= 0.3 is 0 Å². The Kier molecular flexibility index (Phi) is 7.88. The average molecular weight is 496 g/mol. The lowest BCUT2D eigenvalue weighted by Gasteiger charge is -2.31. The molecular formula is C27H27Cl2N3O2.